The number of amides is 1. The lowest BCUT2D eigenvalue weighted by Gasteiger charge is -2.25. The molecule has 1 fully saturated rings. The maximum Gasteiger partial charge on any atom is 0.277 e. The van der Waals surface area contributed by atoms with Crippen LogP contribution in [0.3, 0.4) is 0 Å². The quantitative estimate of drug-likeness (QED) is 0.756. The highest BCUT2D eigenvalue weighted by Gasteiger charge is 2.32. The van der Waals surface area contributed by atoms with E-state index in [1.807, 2.05) is 5.32 Å². The molecule has 6 nitrogen and oxygen atoms in total. The zero-order valence-electron chi connectivity index (χ0n) is 12.1. The predicted molar refractivity (Wildman–Crippen MR) is 86.7 cm³/mol. The average molecular weight is 385 g/mol. The largest absolute Gasteiger partial charge is 0.345 e. The highest BCUT2D eigenvalue weighted by molar-refractivity contribution is 7.99. The molecule has 2 rings (SSSR count). The predicted octanol–water partition coefficient (Wildman–Crippen LogP) is 0.809. The number of thioether (sulfide) groups is 1. The van der Waals surface area contributed by atoms with Crippen molar-refractivity contribution >= 4 is 39.0 Å². The first-order chi connectivity index (χ1) is 10.8. The van der Waals surface area contributed by atoms with Gasteiger partial charge in [-0.3, -0.25) is 4.79 Å². The summed E-state index contributed by atoms with van der Waals surface area (Å²) in [4.78, 5) is 11.8. The van der Waals surface area contributed by atoms with E-state index in [1.54, 1.807) is 11.8 Å². The lowest BCUT2D eigenvalue weighted by molar-refractivity contribution is 0.0119. The second-order valence-corrected chi connectivity index (χ2v) is 8.92. The van der Waals surface area contributed by atoms with E-state index in [0.717, 1.165) is 11.3 Å². The lowest BCUT2D eigenvalue weighted by Crippen LogP contribution is -2.42. The fraction of sp³-hybridized carbons (Fsp3) is 0.583. The van der Waals surface area contributed by atoms with Crippen LogP contribution in [0.5, 0.6) is 0 Å². The molecule has 2 heterocycles. The molecule has 0 unspecified atom stereocenters. The molecular weight excluding hydrogens is 368 g/mol. The van der Waals surface area contributed by atoms with Gasteiger partial charge in [0.25, 0.3) is 11.8 Å². The van der Waals surface area contributed by atoms with E-state index >= 15 is 0 Å². The van der Waals surface area contributed by atoms with Gasteiger partial charge in [0.05, 0.1) is 13.1 Å². The molecule has 1 amide bonds. The SMILES string of the molecule is NCC(F)(F)CNC(=O)c1sccc1S(=O)(=O)N1CCSCC1. The first-order valence-electron chi connectivity index (χ1n) is 6.79. The second kappa shape index (κ2) is 7.43. The Hall–Kier alpha value is -0.750. The number of hydrogen-bond donors (Lipinski definition) is 2. The van der Waals surface area contributed by atoms with Gasteiger partial charge in [-0.2, -0.15) is 16.1 Å². The molecule has 23 heavy (non-hydrogen) atoms. The minimum absolute atomic E-state index is 0.0870. The highest BCUT2D eigenvalue weighted by Crippen LogP contribution is 2.27. The number of sulfonamides is 1. The van der Waals surface area contributed by atoms with Gasteiger partial charge in [0, 0.05) is 24.6 Å². The van der Waals surface area contributed by atoms with Crippen LogP contribution in [0.1, 0.15) is 9.67 Å². The molecule has 1 aliphatic rings. The van der Waals surface area contributed by atoms with E-state index in [1.165, 1.54) is 15.8 Å². The first-order valence-corrected chi connectivity index (χ1v) is 10.3. The monoisotopic (exact) mass is 385 g/mol. The zero-order valence-corrected chi connectivity index (χ0v) is 14.6. The van der Waals surface area contributed by atoms with Crippen LogP contribution in [-0.2, 0) is 10.0 Å². The van der Waals surface area contributed by atoms with Crippen LogP contribution in [0, 0.1) is 0 Å². The summed E-state index contributed by atoms with van der Waals surface area (Å²) in [6, 6.07) is 1.33. The van der Waals surface area contributed by atoms with Gasteiger partial charge in [0.1, 0.15) is 9.77 Å². The van der Waals surface area contributed by atoms with Crippen molar-refractivity contribution in [1.82, 2.24) is 9.62 Å². The normalized spacial score (nSPS) is 17.2. The van der Waals surface area contributed by atoms with Crippen LogP contribution in [0.15, 0.2) is 16.3 Å². The van der Waals surface area contributed by atoms with Crippen LogP contribution in [0.4, 0.5) is 8.78 Å². The highest BCUT2D eigenvalue weighted by atomic mass is 32.2. The van der Waals surface area contributed by atoms with E-state index in [4.69, 9.17) is 5.73 Å². The molecule has 1 saturated heterocycles. The van der Waals surface area contributed by atoms with Crippen molar-refractivity contribution in [3.05, 3.63) is 16.3 Å². The summed E-state index contributed by atoms with van der Waals surface area (Å²) in [6.45, 7) is -1.08. The second-order valence-electron chi connectivity index (χ2n) is 4.87. The van der Waals surface area contributed by atoms with Crippen LogP contribution >= 0.6 is 23.1 Å². The summed E-state index contributed by atoms with van der Waals surface area (Å²) in [6.07, 6.45) is 0. The van der Waals surface area contributed by atoms with E-state index in [9.17, 15) is 22.0 Å². The maximum absolute atomic E-state index is 13.1. The summed E-state index contributed by atoms with van der Waals surface area (Å²) in [7, 11) is -3.80. The van der Waals surface area contributed by atoms with Crippen molar-refractivity contribution in [1.29, 1.82) is 0 Å². The Kier molecular flexibility index (Phi) is 6.00. The number of nitrogens with one attached hydrogen (secondary N) is 1. The minimum atomic E-state index is -3.80. The third-order valence-electron chi connectivity index (χ3n) is 3.23. The summed E-state index contributed by atoms with van der Waals surface area (Å²) >= 11 is 2.57. The number of thiophene rings is 1. The number of nitrogens with two attached hydrogens (primary N) is 1. The van der Waals surface area contributed by atoms with Gasteiger partial charge in [-0.05, 0) is 11.4 Å². The molecule has 130 valence electrons. The Morgan fingerprint density at radius 1 is 1.39 bits per heavy atom. The number of nitrogens with zero attached hydrogens (tertiary/aromatic N) is 1. The Morgan fingerprint density at radius 3 is 2.65 bits per heavy atom. The van der Waals surface area contributed by atoms with Gasteiger partial charge in [-0.25, -0.2) is 17.2 Å². The number of rotatable bonds is 6. The van der Waals surface area contributed by atoms with E-state index in [-0.39, 0.29) is 9.77 Å². The van der Waals surface area contributed by atoms with E-state index in [2.05, 4.69) is 0 Å². The molecular formula is C12H17F2N3O3S3. The molecule has 0 atom stereocenters. The number of carbonyl (C=O) groups is 1. The molecule has 0 aliphatic carbocycles. The smallest absolute Gasteiger partial charge is 0.277 e. The number of carbonyl (C=O) groups excluding carboxylic acids is 1. The van der Waals surface area contributed by atoms with Crippen LogP contribution in [0.25, 0.3) is 0 Å². The molecule has 0 bridgehead atoms. The Labute approximate surface area is 141 Å². The van der Waals surface area contributed by atoms with Crippen molar-refractivity contribution in [2.75, 3.05) is 37.7 Å². The average Bonchev–Trinajstić information content (AvgIpc) is 3.04. The topological polar surface area (TPSA) is 92.5 Å². The number of alkyl halides is 2. The third kappa shape index (κ3) is 4.41. The fourth-order valence-electron chi connectivity index (χ4n) is 1.95. The van der Waals surface area contributed by atoms with Gasteiger partial charge < -0.3 is 11.1 Å². The molecule has 0 radical (unpaired) electrons. The van der Waals surface area contributed by atoms with Gasteiger partial charge in [0.2, 0.25) is 10.0 Å². The third-order valence-corrected chi connectivity index (χ3v) is 7.16. The van der Waals surface area contributed by atoms with Crippen LogP contribution < -0.4 is 11.1 Å². The van der Waals surface area contributed by atoms with Crippen molar-refractivity contribution in [2.24, 2.45) is 5.73 Å². The van der Waals surface area contributed by atoms with E-state index < -0.39 is 34.9 Å². The summed E-state index contributed by atoms with van der Waals surface area (Å²) in [5, 5.41) is 3.51. The van der Waals surface area contributed by atoms with Crippen molar-refractivity contribution in [2.45, 2.75) is 10.8 Å². The van der Waals surface area contributed by atoms with Crippen molar-refractivity contribution in [3.8, 4) is 0 Å². The molecule has 0 spiro atoms. The molecule has 1 aromatic heterocycles. The molecule has 3 N–H and O–H groups in total. The minimum Gasteiger partial charge on any atom is -0.345 e. The van der Waals surface area contributed by atoms with Gasteiger partial charge in [-0.15, -0.1) is 11.3 Å². The number of hydrogen-bond acceptors (Lipinski definition) is 6. The van der Waals surface area contributed by atoms with E-state index in [0.29, 0.717) is 24.6 Å². The van der Waals surface area contributed by atoms with Crippen molar-refractivity contribution in [3.63, 3.8) is 0 Å². The molecule has 11 heteroatoms. The van der Waals surface area contributed by atoms with Crippen LogP contribution in [-0.4, -0.2) is 62.2 Å². The Morgan fingerprint density at radius 2 is 2.04 bits per heavy atom. The Bertz CT molecular complexity index is 658. The van der Waals surface area contributed by atoms with Gasteiger partial charge in [-0.1, -0.05) is 0 Å². The fourth-order valence-corrected chi connectivity index (χ4v) is 5.85. The zero-order chi connectivity index (χ0) is 17.1. The summed E-state index contributed by atoms with van der Waals surface area (Å²) in [5.41, 5.74) is 4.90. The summed E-state index contributed by atoms with van der Waals surface area (Å²) in [5.74, 6) is -2.69. The standard InChI is InChI=1S/C12H17F2N3O3S3/c13-12(14,7-15)8-16-11(18)10-9(1-4-22-10)23(19,20)17-2-5-21-6-3-17/h1,4H,2-3,5-8,15H2,(H,16,18). The maximum atomic E-state index is 13.1. The van der Waals surface area contributed by atoms with Crippen molar-refractivity contribution < 1.29 is 22.0 Å². The molecule has 1 aromatic rings. The summed E-state index contributed by atoms with van der Waals surface area (Å²) < 4.78 is 52.8. The lowest BCUT2D eigenvalue weighted by atomic mass is 10.3. The Balaban J connectivity index is 2.17. The molecule has 1 aliphatic heterocycles. The molecule has 0 aromatic carbocycles. The van der Waals surface area contributed by atoms with Gasteiger partial charge >= 0.3 is 0 Å². The van der Waals surface area contributed by atoms with Crippen LogP contribution in [0.2, 0.25) is 0 Å². The van der Waals surface area contributed by atoms with Gasteiger partial charge in [0.15, 0.2) is 0 Å². The molecule has 0 saturated carbocycles. The first kappa shape index (κ1) is 18.6. The number of halogens is 2.